The van der Waals surface area contributed by atoms with Crippen molar-refractivity contribution in [3.05, 3.63) is 0 Å². The van der Waals surface area contributed by atoms with Gasteiger partial charge in [0.25, 0.3) is 10.2 Å². The van der Waals surface area contributed by atoms with Gasteiger partial charge in [0.1, 0.15) is 6.10 Å². The quantitative estimate of drug-likeness (QED) is 0.730. The molecule has 0 radical (unpaired) electrons. The SMILES string of the molecule is CCO[C@@H]1CCN(S(=O)(=O)N(C)C)[C@H]2CCO[C@H]12. The van der Waals surface area contributed by atoms with Gasteiger partial charge in [-0.1, -0.05) is 0 Å². The molecule has 2 saturated heterocycles. The van der Waals surface area contributed by atoms with E-state index in [2.05, 4.69) is 0 Å². The Morgan fingerprint density at radius 3 is 2.72 bits per heavy atom. The van der Waals surface area contributed by atoms with Crippen molar-refractivity contribution in [1.82, 2.24) is 8.61 Å². The van der Waals surface area contributed by atoms with Crippen LogP contribution in [0.4, 0.5) is 0 Å². The molecule has 18 heavy (non-hydrogen) atoms. The molecule has 0 aliphatic carbocycles. The van der Waals surface area contributed by atoms with E-state index >= 15 is 0 Å². The number of rotatable bonds is 4. The minimum absolute atomic E-state index is 0.0242. The van der Waals surface area contributed by atoms with E-state index in [1.54, 1.807) is 18.4 Å². The topological polar surface area (TPSA) is 59.1 Å². The fraction of sp³-hybridized carbons (Fsp3) is 1.00. The van der Waals surface area contributed by atoms with E-state index in [4.69, 9.17) is 9.47 Å². The first-order valence-electron chi connectivity index (χ1n) is 6.41. The van der Waals surface area contributed by atoms with Crippen molar-refractivity contribution in [2.24, 2.45) is 0 Å². The normalized spacial score (nSPS) is 33.9. The van der Waals surface area contributed by atoms with Gasteiger partial charge in [-0.25, -0.2) is 0 Å². The molecule has 7 heteroatoms. The molecular weight excluding hydrogens is 256 g/mol. The molecule has 2 aliphatic heterocycles. The van der Waals surface area contributed by atoms with E-state index in [0.717, 1.165) is 6.42 Å². The summed E-state index contributed by atoms with van der Waals surface area (Å²) in [5, 5.41) is 0. The average molecular weight is 278 g/mol. The molecule has 3 atom stereocenters. The molecule has 0 aromatic carbocycles. The summed E-state index contributed by atoms with van der Waals surface area (Å²) < 4.78 is 38.7. The van der Waals surface area contributed by atoms with E-state index in [1.807, 2.05) is 6.92 Å². The zero-order valence-corrected chi connectivity index (χ0v) is 12.0. The molecule has 0 bridgehead atoms. The Morgan fingerprint density at radius 2 is 2.11 bits per heavy atom. The van der Waals surface area contributed by atoms with Crippen LogP contribution in [0.3, 0.4) is 0 Å². The highest BCUT2D eigenvalue weighted by Gasteiger charge is 2.47. The Hall–Kier alpha value is -0.210. The molecular formula is C11H22N2O4S. The lowest BCUT2D eigenvalue weighted by Gasteiger charge is -2.40. The van der Waals surface area contributed by atoms with Crippen molar-refractivity contribution in [2.45, 2.75) is 38.0 Å². The Balaban J connectivity index is 2.17. The molecule has 0 amide bonds. The first-order valence-corrected chi connectivity index (χ1v) is 7.80. The smallest absolute Gasteiger partial charge is 0.281 e. The highest BCUT2D eigenvalue weighted by molar-refractivity contribution is 7.86. The predicted octanol–water partition coefficient (Wildman–Crippen LogP) is 0.0611. The number of piperidine rings is 1. The van der Waals surface area contributed by atoms with Crippen molar-refractivity contribution < 1.29 is 17.9 Å². The van der Waals surface area contributed by atoms with E-state index in [-0.39, 0.29) is 18.2 Å². The van der Waals surface area contributed by atoms with Crippen molar-refractivity contribution in [1.29, 1.82) is 0 Å². The maximum Gasteiger partial charge on any atom is 0.281 e. The van der Waals surface area contributed by atoms with E-state index in [1.165, 1.54) is 4.31 Å². The second kappa shape index (κ2) is 5.42. The molecule has 0 aromatic rings. The molecule has 2 rings (SSSR count). The number of hydrogen-bond acceptors (Lipinski definition) is 4. The lowest BCUT2D eigenvalue weighted by molar-refractivity contribution is -0.0815. The predicted molar refractivity (Wildman–Crippen MR) is 67.5 cm³/mol. The lowest BCUT2D eigenvalue weighted by atomic mass is 9.98. The van der Waals surface area contributed by atoms with Gasteiger partial charge in [0.15, 0.2) is 0 Å². The fourth-order valence-electron chi connectivity index (χ4n) is 2.74. The van der Waals surface area contributed by atoms with Crippen LogP contribution in [0, 0.1) is 0 Å². The van der Waals surface area contributed by atoms with Crippen LogP contribution >= 0.6 is 0 Å². The summed E-state index contributed by atoms with van der Waals surface area (Å²) in [5.41, 5.74) is 0. The average Bonchev–Trinajstić information content (AvgIpc) is 2.78. The number of nitrogens with zero attached hydrogens (tertiary/aromatic N) is 2. The van der Waals surface area contributed by atoms with Crippen LogP contribution in [0.5, 0.6) is 0 Å². The fourth-order valence-corrected chi connectivity index (χ4v) is 4.06. The standard InChI is InChI=1S/C11H22N2O4S/c1-4-16-10-5-7-13(18(14,15)12(2)3)9-6-8-17-11(9)10/h9-11H,4-8H2,1-3H3/t9-,10+,11-/m0/s1. The zero-order valence-electron chi connectivity index (χ0n) is 11.2. The number of hydrogen-bond donors (Lipinski definition) is 0. The minimum Gasteiger partial charge on any atom is -0.376 e. The van der Waals surface area contributed by atoms with Crippen molar-refractivity contribution in [2.75, 3.05) is 33.9 Å². The first kappa shape index (κ1) is 14.2. The minimum atomic E-state index is -3.36. The molecule has 0 aromatic heterocycles. The summed E-state index contributed by atoms with van der Waals surface area (Å²) in [5.74, 6) is 0. The second-order valence-corrected chi connectivity index (χ2v) is 6.97. The van der Waals surface area contributed by atoms with Crippen LogP contribution in [0.2, 0.25) is 0 Å². The van der Waals surface area contributed by atoms with E-state index < -0.39 is 10.2 Å². The van der Waals surface area contributed by atoms with Gasteiger partial charge >= 0.3 is 0 Å². The van der Waals surface area contributed by atoms with Crippen LogP contribution in [0.25, 0.3) is 0 Å². The van der Waals surface area contributed by atoms with Crippen molar-refractivity contribution in [3.63, 3.8) is 0 Å². The number of ether oxygens (including phenoxy) is 2. The molecule has 2 heterocycles. The Labute approximate surface area is 109 Å². The van der Waals surface area contributed by atoms with Crippen LogP contribution < -0.4 is 0 Å². The number of fused-ring (bicyclic) bond motifs is 1. The lowest BCUT2D eigenvalue weighted by Crippen LogP contribution is -2.57. The third kappa shape index (κ3) is 2.42. The van der Waals surface area contributed by atoms with Gasteiger partial charge in [-0.3, -0.25) is 0 Å². The third-order valence-electron chi connectivity index (χ3n) is 3.61. The molecule has 0 N–H and O–H groups in total. The van der Waals surface area contributed by atoms with Crippen LogP contribution in [0.15, 0.2) is 0 Å². The highest BCUT2D eigenvalue weighted by Crippen LogP contribution is 2.32. The Kier molecular flexibility index (Phi) is 4.28. The molecule has 106 valence electrons. The van der Waals surface area contributed by atoms with Crippen molar-refractivity contribution in [3.8, 4) is 0 Å². The molecule has 2 aliphatic rings. The molecule has 0 saturated carbocycles. The summed E-state index contributed by atoms with van der Waals surface area (Å²) in [6.07, 6.45) is 1.35. The van der Waals surface area contributed by atoms with Crippen molar-refractivity contribution >= 4 is 10.2 Å². The molecule has 0 spiro atoms. The Morgan fingerprint density at radius 1 is 1.39 bits per heavy atom. The second-order valence-electron chi connectivity index (χ2n) is 4.87. The van der Waals surface area contributed by atoms with Crippen LogP contribution in [-0.4, -0.2) is 69.1 Å². The van der Waals surface area contributed by atoms with Crippen LogP contribution in [-0.2, 0) is 19.7 Å². The summed E-state index contributed by atoms with van der Waals surface area (Å²) >= 11 is 0. The van der Waals surface area contributed by atoms with Gasteiger partial charge in [0.2, 0.25) is 0 Å². The Bertz CT molecular complexity index is 385. The zero-order chi connectivity index (χ0) is 13.3. The largest absolute Gasteiger partial charge is 0.376 e. The van der Waals surface area contributed by atoms with Gasteiger partial charge in [-0.2, -0.15) is 17.0 Å². The van der Waals surface area contributed by atoms with Crippen LogP contribution in [0.1, 0.15) is 19.8 Å². The van der Waals surface area contributed by atoms with Gasteiger partial charge < -0.3 is 9.47 Å². The first-order chi connectivity index (χ1) is 8.48. The monoisotopic (exact) mass is 278 g/mol. The summed E-state index contributed by atoms with van der Waals surface area (Å²) in [6, 6.07) is -0.0808. The highest BCUT2D eigenvalue weighted by atomic mass is 32.2. The van der Waals surface area contributed by atoms with Gasteiger partial charge in [0, 0.05) is 33.9 Å². The third-order valence-corrected chi connectivity index (χ3v) is 5.58. The van der Waals surface area contributed by atoms with E-state index in [0.29, 0.717) is 26.2 Å². The summed E-state index contributed by atoms with van der Waals surface area (Å²) in [7, 11) is -0.233. The summed E-state index contributed by atoms with van der Waals surface area (Å²) in [6.45, 7) is 3.71. The van der Waals surface area contributed by atoms with Gasteiger partial charge in [-0.05, 0) is 19.8 Å². The summed E-state index contributed by atoms with van der Waals surface area (Å²) in [4.78, 5) is 0. The van der Waals surface area contributed by atoms with Gasteiger partial charge in [-0.15, -0.1) is 0 Å². The van der Waals surface area contributed by atoms with Gasteiger partial charge in [0.05, 0.1) is 12.1 Å². The van der Waals surface area contributed by atoms with E-state index in [9.17, 15) is 8.42 Å². The maximum absolute atomic E-state index is 12.2. The molecule has 0 unspecified atom stereocenters. The maximum atomic E-state index is 12.2. The molecule has 6 nitrogen and oxygen atoms in total. The molecule has 2 fully saturated rings.